The molecule has 0 saturated carbocycles. The molecule has 0 fully saturated rings. The smallest absolute Gasteiger partial charge is 1.00 e. The van der Waals surface area contributed by atoms with Crippen LogP contribution in [0, 0.1) is 5.92 Å². The second-order valence-corrected chi connectivity index (χ2v) is 6.41. The fourth-order valence-corrected chi connectivity index (χ4v) is 3.26. The molecule has 0 N–H and O–H groups in total. The van der Waals surface area contributed by atoms with E-state index in [1.807, 2.05) is 42.5 Å². The van der Waals surface area contributed by atoms with Crippen molar-refractivity contribution in [3.63, 3.8) is 0 Å². The predicted octanol–water partition coefficient (Wildman–Crippen LogP) is -0.609. The molecule has 3 rings (SSSR count). The molecule has 8 heteroatoms. The van der Waals surface area contributed by atoms with E-state index in [4.69, 9.17) is 0 Å². The molecule has 0 radical (unpaired) electrons. The van der Waals surface area contributed by atoms with Gasteiger partial charge in [-0.05, 0) is 40.8 Å². The maximum absolute atomic E-state index is 12.9. The van der Waals surface area contributed by atoms with Gasteiger partial charge >= 0.3 is 27.9 Å². The van der Waals surface area contributed by atoms with Crippen LogP contribution in [0.2, 0.25) is 0 Å². The maximum Gasteiger partial charge on any atom is 2.00 e. The summed E-state index contributed by atoms with van der Waals surface area (Å²) in [4.78, 5) is 23.5. The van der Waals surface area contributed by atoms with Crippen molar-refractivity contribution in [3.8, 4) is 11.1 Å². The van der Waals surface area contributed by atoms with Crippen LogP contribution in [0.1, 0.15) is 12.5 Å². The van der Waals surface area contributed by atoms with Gasteiger partial charge in [0.25, 0.3) is 0 Å². The van der Waals surface area contributed by atoms with Crippen molar-refractivity contribution in [1.29, 1.82) is 0 Å². The van der Waals surface area contributed by atoms with Crippen molar-refractivity contribution in [3.05, 3.63) is 72.3 Å². The van der Waals surface area contributed by atoms with E-state index < -0.39 is 23.7 Å². The Hall–Kier alpha value is -1.66. The number of ketones is 2. The van der Waals surface area contributed by atoms with Crippen molar-refractivity contribution in [2.24, 2.45) is 5.92 Å². The number of rotatable bonds is 5. The number of fused-ring (bicyclic) bond motifs is 1. The average molecular weight is 489 g/mol. The third kappa shape index (κ3) is 6.18. The van der Waals surface area contributed by atoms with Crippen LogP contribution in [0.5, 0.6) is 0 Å². The van der Waals surface area contributed by atoms with Gasteiger partial charge in [0.05, 0.1) is 5.92 Å². The first kappa shape index (κ1) is 28.3. The fraction of sp³-hybridized carbons (Fsp3) is 0.182. The van der Waals surface area contributed by atoms with Crippen molar-refractivity contribution < 1.29 is 69.3 Å². The Kier molecular flexibility index (Phi) is 11.0. The topological polar surface area (TPSA) is 34.1 Å². The Balaban J connectivity index is 0.00000280. The number of halogens is 5. The van der Waals surface area contributed by atoms with Crippen LogP contribution in [0.4, 0.5) is 13.2 Å². The van der Waals surface area contributed by atoms with Crippen LogP contribution in [-0.2, 0) is 37.7 Å². The van der Waals surface area contributed by atoms with E-state index in [0.29, 0.717) is 5.56 Å². The number of alkyl halides is 3. The zero-order valence-corrected chi connectivity index (χ0v) is 18.9. The molecule has 1 atom stereocenters. The molecule has 0 spiro atoms. The molecule has 0 aliphatic rings. The summed E-state index contributed by atoms with van der Waals surface area (Å²) in [6, 6.07) is 20.3. The third-order valence-corrected chi connectivity index (χ3v) is 4.61. The minimum atomic E-state index is -5.04. The summed E-state index contributed by atoms with van der Waals surface area (Å²) in [6.45, 7) is 1.02. The van der Waals surface area contributed by atoms with E-state index >= 15 is 0 Å². The second kappa shape index (κ2) is 11.7. The molecule has 1 unspecified atom stereocenters. The molecule has 0 saturated heterocycles. The Bertz CT molecular complexity index is 1020. The minimum Gasteiger partial charge on any atom is -1.00 e. The van der Waals surface area contributed by atoms with E-state index in [1.54, 1.807) is 24.3 Å². The Morgan fingerprint density at radius 3 is 2.00 bits per heavy atom. The zero-order valence-electron chi connectivity index (χ0n) is 15.8. The van der Waals surface area contributed by atoms with Crippen LogP contribution >= 0.6 is 0 Å². The van der Waals surface area contributed by atoms with Gasteiger partial charge in [0.2, 0.25) is 5.78 Å². The molecule has 0 bridgehead atoms. The summed E-state index contributed by atoms with van der Waals surface area (Å²) in [5.74, 6) is -4.52. The number of Topliss-reactive ketones (excluding diaryl/α,β-unsaturated/α-hetero) is 2. The molecule has 3 aromatic carbocycles. The predicted molar refractivity (Wildman–Crippen MR) is 98.3 cm³/mol. The summed E-state index contributed by atoms with van der Waals surface area (Å²) >= 11 is 0. The van der Waals surface area contributed by atoms with Crippen LogP contribution in [0.25, 0.3) is 21.9 Å². The van der Waals surface area contributed by atoms with Gasteiger partial charge < -0.3 is 24.8 Å². The van der Waals surface area contributed by atoms with Crippen molar-refractivity contribution in [2.75, 3.05) is 0 Å². The van der Waals surface area contributed by atoms with E-state index in [1.165, 1.54) is 0 Å². The van der Waals surface area contributed by atoms with E-state index in [-0.39, 0.29) is 53.0 Å². The number of hydrogen-bond donors (Lipinski definition) is 0. The summed E-state index contributed by atoms with van der Waals surface area (Å²) < 4.78 is 38.7. The van der Waals surface area contributed by atoms with Crippen LogP contribution in [-0.4, -0.2) is 17.7 Å². The van der Waals surface area contributed by atoms with Gasteiger partial charge in [0.1, 0.15) is 5.78 Å². The van der Waals surface area contributed by atoms with E-state index in [9.17, 15) is 22.8 Å². The average Bonchev–Trinajstić information content (AvgIpc) is 2.64. The van der Waals surface area contributed by atoms with Gasteiger partial charge in [-0.15, -0.1) is 0 Å². The molecule has 0 aliphatic heterocycles. The standard InChI is InChI=1S/C22H17F3O2.2ClH.Ti/c1-14(26)20(21(27)22(23,24)25)13-16-8-3-5-11-18(16)19-12-6-9-15-7-2-4-10-17(15)19;;;/h2-12,20H,13H2,1H3;2*1H;/q;;;+2/p-2. The van der Waals surface area contributed by atoms with Crippen molar-refractivity contribution in [2.45, 2.75) is 19.5 Å². The Labute approximate surface area is 199 Å². The SMILES string of the molecule is CC(=O)C(Cc1ccccc1-c1cccc2ccccc12)C(=O)C(F)(F)F.[Cl-].[Cl-].[Ti+2]. The molecule has 0 amide bonds. The quantitative estimate of drug-likeness (QED) is 0.355. The van der Waals surface area contributed by atoms with Crippen LogP contribution < -0.4 is 24.8 Å². The molecule has 3 aromatic rings. The zero-order chi connectivity index (χ0) is 19.6. The van der Waals surface area contributed by atoms with Crippen LogP contribution in [0.15, 0.2) is 66.7 Å². The molecule has 156 valence electrons. The molecular formula is C22H17Cl2F3O2Ti. The van der Waals surface area contributed by atoms with Gasteiger partial charge in [-0.1, -0.05) is 66.7 Å². The normalized spacial score (nSPS) is 11.5. The largest absolute Gasteiger partial charge is 2.00 e. The monoisotopic (exact) mass is 488 g/mol. The number of benzene rings is 3. The minimum absolute atomic E-state index is 0. The maximum atomic E-state index is 12.9. The first-order valence-electron chi connectivity index (χ1n) is 8.46. The van der Waals surface area contributed by atoms with E-state index in [2.05, 4.69) is 0 Å². The second-order valence-electron chi connectivity index (χ2n) is 6.41. The summed E-state index contributed by atoms with van der Waals surface area (Å²) in [5, 5.41) is 1.95. The van der Waals surface area contributed by atoms with Crippen molar-refractivity contribution in [1.82, 2.24) is 0 Å². The van der Waals surface area contributed by atoms with Gasteiger partial charge in [0.15, 0.2) is 0 Å². The van der Waals surface area contributed by atoms with Crippen LogP contribution in [0.3, 0.4) is 0 Å². The third-order valence-electron chi connectivity index (χ3n) is 4.61. The number of carbonyl (C=O) groups excluding carboxylic acids is 2. The van der Waals surface area contributed by atoms with Crippen molar-refractivity contribution >= 4 is 22.3 Å². The first-order chi connectivity index (χ1) is 12.8. The molecular weight excluding hydrogens is 472 g/mol. The van der Waals surface area contributed by atoms with Gasteiger partial charge in [0, 0.05) is 0 Å². The van der Waals surface area contributed by atoms with Gasteiger partial charge in [-0.25, -0.2) is 0 Å². The summed E-state index contributed by atoms with van der Waals surface area (Å²) in [5.41, 5.74) is 2.10. The number of carbonyl (C=O) groups is 2. The Morgan fingerprint density at radius 1 is 0.833 bits per heavy atom. The Morgan fingerprint density at radius 2 is 1.37 bits per heavy atom. The van der Waals surface area contributed by atoms with Gasteiger partial charge in [-0.2, -0.15) is 13.2 Å². The summed E-state index contributed by atoms with van der Waals surface area (Å²) in [6.07, 6.45) is -5.32. The fourth-order valence-electron chi connectivity index (χ4n) is 3.26. The summed E-state index contributed by atoms with van der Waals surface area (Å²) in [7, 11) is 0. The molecule has 0 heterocycles. The molecule has 0 aliphatic carbocycles. The van der Waals surface area contributed by atoms with Gasteiger partial charge in [-0.3, -0.25) is 9.59 Å². The molecule has 30 heavy (non-hydrogen) atoms. The van der Waals surface area contributed by atoms with E-state index in [0.717, 1.165) is 28.8 Å². The number of hydrogen-bond acceptors (Lipinski definition) is 2. The molecule has 2 nitrogen and oxygen atoms in total. The molecule has 0 aromatic heterocycles. The first-order valence-corrected chi connectivity index (χ1v) is 8.46.